The monoisotopic (exact) mass is 231 g/mol. The summed E-state index contributed by atoms with van der Waals surface area (Å²) in [5.74, 6) is -0.257. The molecular formula is C9H11BrFN. The molecule has 0 aliphatic rings. The minimum atomic E-state index is -0.257. The Morgan fingerprint density at radius 1 is 1.50 bits per heavy atom. The Bertz CT molecular complexity index is 297. The van der Waals surface area contributed by atoms with Crippen LogP contribution < -0.4 is 5.73 Å². The van der Waals surface area contributed by atoms with Gasteiger partial charge in [0.05, 0.1) is 4.47 Å². The van der Waals surface area contributed by atoms with E-state index in [1.165, 1.54) is 6.07 Å². The third-order valence-corrected chi connectivity index (χ3v) is 2.61. The lowest BCUT2D eigenvalue weighted by molar-refractivity contribution is 0.613. The quantitative estimate of drug-likeness (QED) is 0.791. The number of hydrogen-bond donors (Lipinski definition) is 1. The molecule has 3 heteroatoms. The first kappa shape index (κ1) is 9.68. The Labute approximate surface area is 79.9 Å². The van der Waals surface area contributed by atoms with Crippen LogP contribution in [-0.4, -0.2) is 0 Å². The zero-order chi connectivity index (χ0) is 9.30. The standard InChI is InChI=1S/C9H11BrFN/c1-5-3-4-7(11)9(10)8(5)6(2)12/h3-4,6H,12H2,1-2H3. The third kappa shape index (κ3) is 1.67. The van der Waals surface area contributed by atoms with Crippen LogP contribution in [-0.2, 0) is 0 Å². The van der Waals surface area contributed by atoms with E-state index in [-0.39, 0.29) is 11.9 Å². The molecular weight excluding hydrogens is 221 g/mol. The van der Waals surface area contributed by atoms with Crippen LogP contribution in [0.2, 0.25) is 0 Å². The van der Waals surface area contributed by atoms with Crippen molar-refractivity contribution in [3.63, 3.8) is 0 Å². The van der Waals surface area contributed by atoms with Crippen molar-refractivity contribution in [1.82, 2.24) is 0 Å². The van der Waals surface area contributed by atoms with Gasteiger partial charge in [-0.25, -0.2) is 4.39 Å². The maximum Gasteiger partial charge on any atom is 0.137 e. The van der Waals surface area contributed by atoms with Crippen molar-refractivity contribution in [1.29, 1.82) is 0 Å². The number of halogens is 2. The van der Waals surface area contributed by atoms with Crippen LogP contribution >= 0.6 is 15.9 Å². The molecule has 0 fully saturated rings. The molecule has 1 aromatic rings. The molecule has 1 unspecified atom stereocenters. The van der Waals surface area contributed by atoms with Crippen LogP contribution in [0, 0.1) is 12.7 Å². The summed E-state index contributed by atoms with van der Waals surface area (Å²) in [5, 5.41) is 0. The van der Waals surface area contributed by atoms with Gasteiger partial charge >= 0.3 is 0 Å². The van der Waals surface area contributed by atoms with E-state index in [1.807, 2.05) is 13.8 Å². The molecule has 66 valence electrons. The van der Waals surface area contributed by atoms with Gasteiger partial charge in [-0.05, 0) is 47.0 Å². The van der Waals surface area contributed by atoms with Gasteiger partial charge in [-0.3, -0.25) is 0 Å². The summed E-state index contributed by atoms with van der Waals surface area (Å²) < 4.78 is 13.5. The molecule has 0 amide bonds. The Hall–Kier alpha value is -0.410. The number of benzene rings is 1. The van der Waals surface area contributed by atoms with E-state index in [1.54, 1.807) is 6.07 Å². The van der Waals surface area contributed by atoms with E-state index in [4.69, 9.17) is 5.73 Å². The molecule has 1 nitrogen and oxygen atoms in total. The van der Waals surface area contributed by atoms with E-state index in [0.717, 1.165) is 11.1 Å². The maximum atomic E-state index is 13.0. The molecule has 0 aliphatic heterocycles. The maximum absolute atomic E-state index is 13.0. The van der Waals surface area contributed by atoms with Crippen molar-refractivity contribution in [2.24, 2.45) is 5.73 Å². The Morgan fingerprint density at radius 2 is 2.08 bits per heavy atom. The van der Waals surface area contributed by atoms with Crippen molar-refractivity contribution in [3.05, 3.63) is 33.5 Å². The summed E-state index contributed by atoms with van der Waals surface area (Å²) >= 11 is 3.18. The number of aryl methyl sites for hydroxylation is 1. The van der Waals surface area contributed by atoms with E-state index in [9.17, 15) is 4.39 Å². The van der Waals surface area contributed by atoms with Crippen molar-refractivity contribution in [2.45, 2.75) is 19.9 Å². The molecule has 1 aromatic carbocycles. The fourth-order valence-corrected chi connectivity index (χ4v) is 2.03. The number of nitrogens with two attached hydrogens (primary N) is 1. The first-order valence-corrected chi connectivity index (χ1v) is 4.53. The predicted octanol–water partition coefficient (Wildman–Crippen LogP) is 2.92. The van der Waals surface area contributed by atoms with Crippen molar-refractivity contribution < 1.29 is 4.39 Å². The van der Waals surface area contributed by atoms with Gasteiger partial charge in [0.2, 0.25) is 0 Å². The number of hydrogen-bond acceptors (Lipinski definition) is 1. The minimum absolute atomic E-state index is 0.143. The van der Waals surface area contributed by atoms with Gasteiger partial charge in [0.15, 0.2) is 0 Å². The van der Waals surface area contributed by atoms with Gasteiger partial charge < -0.3 is 5.73 Å². The average Bonchev–Trinajstić information content (AvgIpc) is 1.97. The minimum Gasteiger partial charge on any atom is -0.324 e. The molecule has 2 N–H and O–H groups in total. The zero-order valence-corrected chi connectivity index (χ0v) is 8.65. The van der Waals surface area contributed by atoms with Crippen LogP contribution in [0.15, 0.2) is 16.6 Å². The van der Waals surface area contributed by atoms with Crippen molar-refractivity contribution in [3.8, 4) is 0 Å². The van der Waals surface area contributed by atoms with Crippen LogP contribution in [0.5, 0.6) is 0 Å². The van der Waals surface area contributed by atoms with Gasteiger partial charge in [-0.1, -0.05) is 6.07 Å². The fourth-order valence-electron chi connectivity index (χ4n) is 1.22. The Morgan fingerprint density at radius 3 is 2.50 bits per heavy atom. The molecule has 12 heavy (non-hydrogen) atoms. The topological polar surface area (TPSA) is 26.0 Å². The highest BCUT2D eigenvalue weighted by Gasteiger charge is 2.11. The normalized spacial score (nSPS) is 13.1. The summed E-state index contributed by atoms with van der Waals surface area (Å²) in [7, 11) is 0. The van der Waals surface area contributed by atoms with Crippen LogP contribution in [0.3, 0.4) is 0 Å². The predicted molar refractivity (Wildman–Crippen MR) is 51.4 cm³/mol. The zero-order valence-electron chi connectivity index (χ0n) is 7.07. The Kier molecular flexibility index (Phi) is 2.85. The van der Waals surface area contributed by atoms with Gasteiger partial charge in [0.25, 0.3) is 0 Å². The smallest absolute Gasteiger partial charge is 0.137 e. The van der Waals surface area contributed by atoms with E-state index >= 15 is 0 Å². The summed E-state index contributed by atoms with van der Waals surface area (Å²) in [5.41, 5.74) is 7.54. The molecule has 0 bridgehead atoms. The van der Waals surface area contributed by atoms with E-state index in [2.05, 4.69) is 15.9 Å². The van der Waals surface area contributed by atoms with Crippen LogP contribution in [0.25, 0.3) is 0 Å². The van der Waals surface area contributed by atoms with Crippen molar-refractivity contribution in [2.75, 3.05) is 0 Å². The SMILES string of the molecule is Cc1ccc(F)c(Br)c1C(C)N. The summed E-state index contributed by atoms with van der Waals surface area (Å²) in [4.78, 5) is 0. The molecule has 0 radical (unpaired) electrons. The second-order valence-electron chi connectivity index (χ2n) is 2.88. The summed E-state index contributed by atoms with van der Waals surface area (Å²) in [6.45, 7) is 3.76. The lowest BCUT2D eigenvalue weighted by Gasteiger charge is -2.12. The van der Waals surface area contributed by atoms with Gasteiger partial charge in [-0.15, -0.1) is 0 Å². The fraction of sp³-hybridized carbons (Fsp3) is 0.333. The molecule has 0 aliphatic carbocycles. The third-order valence-electron chi connectivity index (χ3n) is 1.81. The van der Waals surface area contributed by atoms with Crippen molar-refractivity contribution >= 4 is 15.9 Å². The second kappa shape index (κ2) is 3.54. The molecule has 0 spiro atoms. The summed E-state index contributed by atoms with van der Waals surface area (Å²) in [6.07, 6.45) is 0. The number of rotatable bonds is 1. The first-order chi connectivity index (χ1) is 5.54. The largest absolute Gasteiger partial charge is 0.324 e. The molecule has 1 rings (SSSR count). The highest BCUT2D eigenvalue weighted by molar-refractivity contribution is 9.10. The first-order valence-electron chi connectivity index (χ1n) is 3.74. The molecule has 1 atom stereocenters. The van der Waals surface area contributed by atoms with Gasteiger partial charge in [-0.2, -0.15) is 0 Å². The second-order valence-corrected chi connectivity index (χ2v) is 3.67. The Balaban J connectivity index is 3.33. The highest BCUT2D eigenvalue weighted by Crippen LogP contribution is 2.27. The van der Waals surface area contributed by atoms with E-state index in [0.29, 0.717) is 4.47 Å². The lowest BCUT2D eigenvalue weighted by Crippen LogP contribution is -2.08. The van der Waals surface area contributed by atoms with Gasteiger partial charge in [0.1, 0.15) is 5.82 Å². The van der Waals surface area contributed by atoms with E-state index < -0.39 is 0 Å². The average molecular weight is 232 g/mol. The molecule has 0 aromatic heterocycles. The lowest BCUT2D eigenvalue weighted by atomic mass is 10.0. The van der Waals surface area contributed by atoms with Crippen LogP contribution in [0.4, 0.5) is 4.39 Å². The molecule has 0 heterocycles. The highest BCUT2D eigenvalue weighted by atomic mass is 79.9. The van der Waals surface area contributed by atoms with Crippen LogP contribution in [0.1, 0.15) is 24.1 Å². The van der Waals surface area contributed by atoms with Gasteiger partial charge in [0, 0.05) is 6.04 Å². The molecule has 0 saturated heterocycles. The summed E-state index contributed by atoms with van der Waals surface area (Å²) in [6, 6.07) is 3.03. The molecule has 0 saturated carbocycles.